The zero-order valence-electron chi connectivity index (χ0n) is 9.78. The topological polar surface area (TPSA) is 49.5 Å². The molecule has 2 fully saturated rings. The molecule has 0 aromatic heterocycles. The highest BCUT2D eigenvalue weighted by Crippen LogP contribution is 2.34. The van der Waals surface area contributed by atoms with Gasteiger partial charge in [-0.15, -0.1) is 0 Å². The van der Waals surface area contributed by atoms with Crippen LogP contribution in [0, 0.1) is 0 Å². The van der Waals surface area contributed by atoms with Crippen LogP contribution in [0.15, 0.2) is 0 Å². The summed E-state index contributed by atoms with van der Waals surface area (Å²) in [6.45, 7) is 4.54. The Morgan fingerprint density at radius 1 is 1.27 bits per heavy atom. The first-order chi connectivity index (χ1) is 7.10. The van der Waals surface area contributed by atoms with Gasteiger partial charge in [0.15, 0.2) is 0 Å². The van der Waals surface area contributed by atoms with Gasteiger partial charge in [-0.25, -0.2) is 0 Å². The van der Waals surface area contributed by atoms with Gasteiger partial charge in [-0.3, -0.25) is 4.90 Å². The van der Waals surface area contributed by atoms with E-state index in [1.165, 1.54) is 12.8 Å². The predicted octanol–water partition coefficient (Wildman–Crippen LogP) is 1.10. The molecule has 0 aromatic carbocycles. The SMILES string of the molecule is CC1(N2CCC(N)CC2)CCCC(O)C1. The standard InChI is InChI=1S/C12H24N2O/c1-12(6-2-3-11(15)9-12)14-7-4-10(13)5-8-14/h10-11,15H,2-9,13H2,1H3. The van der Waals surface area contributed by atoms with Crippen molar-refractivity contribution in [2.45, 2.75) is 63.1 Å². The summed E-state index contributed by atoms with van der Waals surface area (Å²) in [7, 11) is 0. The van der Waals surface area contributed by atoms with Crippen molar-refractivity contribution in [3.63, 3.8) is 0 Å². The maximum atomic E-state index is 9.78. The number of likely N-dealkylation sites (tertiary alicyclic amines) is 1. The number of nitrogens with two attached hydrogens (primary N) is 1. The molecule has 3 N–H and O–H groups in total. The summed E-state index contributed by atoms with van der Waals surface area (Å²) in [5, 5.41) is 9.78. The fraction of sp³-hybridized carbons (Fsp3) is 1.00. The van der Waals surface area contributed by atoms with Crippen LogP contribution in [0.2, 0.25) is 0 Å². The molecule has 3 heteroatoms. The summed E-state index contributed by atoms with van der Waals surface area (Å²) < 4.78 is 0. The molecule has 0 aromatic rings. The second-order valence-electron chi connectivity index (χ2n) is 5.57. The Morgan fingerprint density at radius 2 is 1.93 bits per heavy atom. The number of aliphatic hydroxyl groups is 1. The zero-order chi connectivity index (χ0) is 10.9. The summed E-state index contributed by atoms with van der Waals surface area (Å²) >= 11 is 0. The minimum atomic E-state index is -0.0839. The Labute approximate surface area is 92.6 Å². The lowest BCUT2D eigenvalue weighted by molar-refractivity contribution is -0.00819. The number of hydrogen-bond acceptors (Lipinski definition) is 3. The minimum absolute atomic E-state index is 0.0839. The Balaban J connectivity index is 1.95. The predicted molar refractivity (Wildman–Crippen MR) is 61.7 cm³/mol. The molecule has 2 rings (SSSR count). The lowest BCUT2D eigenvalue weighted by Gasteiger charge is -2.48. The Morgan fingerprint density at radius 3 is 2.53 bits per heavy atom. The van der Waals surface area contributed by atoms with E-state index in [0.717, 1.165) is 38.8 Å². The van der Waals surface area contributed by atoms with Crippen LogP contribution in [0.3, 0.4) is 0 Å². The molecule has 15 heavy (non-hydrogen) atoms. The van der Waals surface area contributed by atoms with E-state index in [9.17, 15) is 5.11 Å². The van der Waals surface area contributed by atoms with E-state index >= 15 is 0 Å². The first kappa shape index (κ1) is 11.4. The first-order valence-corrected chi connectivity index (χ1v) is 6.29. The molecule has 1 aliphatic heterocycles. The van der Waals surface area contributed by atoms with Gasteiger partial charge in [0.25, 0.3) is 0 Å². The first-order valence-electron chi connectivity index (χ1n) is 6.29. The normalized spacial score (nSPS) is 40.6. The fourth-order valence-corrected chi connectivity index (χ4v) is 3.16. The Kier molecular flexibility index (Phi) is 3.33. The Bertz CT molecular complexity index is 214. The van der Waals surface area contributed by atoms with Crippen molar-refractivity contribution in [2.75, 3.05) is 13.1 Å². The van der Waals surface area contributed by atoms with Crippen LogP contribution < -0.4 is 5.73 Å². The van der Waals surface area contributed by atoms with Gasteiger partial charge in [0.2, 0.25) is 0 Å². The van der Waals surface area contributed by atoms with E-state index in [0.29, 0.717) is 6.04 Å². The Hall–Kier alpha value is -0.120. The molecule has 1 saturated carbocycles. The summed E-state index contributed by atoms with van der Waals surface area (Å²) in [4.78, 5) is 2.55. The van der Waals surface area contributed by atoms with Gasteiger partial charge in [-0.2, -0.15) is 0 Å². The monoisotopic (exact) mass is 212 g/mol. The van der Waals surface area contributed by atoms with E-state index in [-0.39, 0.29) is 11.6 Å². The fourth-order valence-electron chi connectivity index (χ4n) is 3.16. The average Bonchev–Trinajstić information content (AvgIpc) is 2.18. The summed E-state index contributed by atoms with van der Waals surface area (Å²) in [6, 6.07) is 0.401. The van der Waals surface area contributed by atoms with E-state index in [1.807, 2.05) is 0 Å². The lowest BCUT2D eigenvalue weighted by Crippen LogP contribution is -2.54. The summed E-state index contributed by atoms with van der Waals surface area (Å²) in [5.74, 6) is 0. The molecular formula is C12H24N2O. The van der Waals surface area contributed by atoms with Gasteiger partial charge in [0, 0.05) is 24.7 Å². The van der Waals surface area contributed by atoms with Crippen molar-refractivity contribution in [1.29, 1.82) is 0 Å². The minimum Gasteiger partial charge on any atom is -0.393 e. The summed E-state index contributed by atoms with van der Waals surface area (Å²) in [5.41, 5.74) is 6.15. The number of nitrogens with zero attached hydrogens (tertiary/aromatic N) is 1. The van der Waals surface area contributed by atoms with Crippen LogP contribution in [0.4, 0.5) is 0 Å². The van der Waals surface area contributed by atoms with Gasteiger partial charge < -0.3 is 10.8 Å². The van der Waals surface area contributed by atoms with Gasteiger partial charge in [0.1, 0.15) is 0 Å². The molecule has 0 bridgehead atoms. The molecule has 88 valence electrons. The molecule has 2 unspecified atom stereocenters. The van der Waals surface area contributed by atoms with Crippen LogP contribution in [0.1, 0.15) is 45.4 Å². The second kappa shape index (κ2) is 4.40. The number of rotatable bonds is 1. The van der Waals surface area contributed by atoms with Crippen LogP contribution in [-0.4, -0.2) is 40.8 Å². The molecule has 0 radical (unpaired) electrons. The van der Waals surface area contributed by atoms with Crippen LogP contribution in [-0.2, 0) is 0 Å². The van der Waals surface area contributed by atoms with E-state index < -0.39 is 0 Å². The molecule has 1 heterocycles. The average molecular weight is 212 g/mol. The highest BCUT2D eigenvalue weighted by Gasteiger charge is 2.37. The highest BCUT2D eigenvalue weighted by molar-refractivity contribution is 4.94. The van der Waals surface area contributed by atoms with Crippen LogP contribution in [0.25, 0.3) is 0 Å². The molecule has 2 aliphatic rings. The molecule has 2 atom stereocenters. The molecular weight excluding hydrogens is 188 g/mol. The van der Waals surface area contributed by atoms with Gasteiger partial charge in [-0.05, 0) is 45.4 Å². The number of piperidine rings is 1. The highest BCUT2D eigenvalue weighted by atomic mass is 16.3. The molecule has 1 aliphatic carbocycles. The lowest BCUT2D eigenvalue weighted by atomic mass is 9.79. The van der Waals surface area contributed by atoms with Gasteiger partial charge in [0.05, 0.1) is 6.10 Å². The van der Waals surface area contributed by atoms with Crippen molar-refractivity contribution in [2.24, 2.45) is 5.73 Å². The molecule has 0 spiro atoms. The number of aliphatic hydroxyl groups excluding tert-OH is 1. The second-order valence-corrected chi connectivity index (χ2v) is 5.57. The number of hydrogen-bond donors (Lipinski definition) is 2. The van der Waals surface area contributed by atoms with Crippen molar-refractivity contribution >= 4 is 0 Å². The van der Waals surface area contributed by atoms with Gasteiger partial charge in [-0.1, -0.05) is 0 Å². The van der Waals surface area contributed by atoms with E-state index in [2.05, 4.69) is 11.8 Å². The molecule has 3 nitrogen and oxygen atoms in total. The quantitative estimate of drug-likeness (QED) is 0.684. The third kappa shape index (κ3) is 2.52. The molecule has 1 saturated heterocycles. The van der Waals surface area contributed by atoms with Crippen LogP contribution in [0.5, 0.6) is 0 Å². The third-order valence-corrected chi connectivity index (χ3v) is 4.23. The largest absolute Gasteiger partial charge is 0.393 e. The van der Waals surface area contributed by atoms with Crippen LogP contribution >= 0.6 is 0 Å². The third-order valence-electron chi connectivity index (χ3n) is 4.23. The summed E-state index contributed by atoms with van der Waals surface area (Å²) in [6.07, 6.45) is 6.49. The van der Waals surface area contributed by atoms with Crippen molar-refractivity contribution in [1.82, 2.24) is 4.90 Å². The van der Waals surface area contributed by atoms with E-state index in [1.54, 1.807) is 0 Å². The van der Waals surface area contributed by atoms with Crippen molar-refractivity contribution in [3.8, 4) is 0 Å². The zero-order valence-corrected chi connectivity index (χ0v) is 9.78. The molecule has 0 amide bonds. The maximum absolute atomic E-state index is 9.78. The maximum Gasteiger partial charge on any atom is 0.0557 e. The van der Waals surface area contributed by atoms with Gasteiger partial charge >= 0.3 is 0 Å². The van der Waals surface area contributed by atoms with Crippen molar-refractivity contribution in [3.05, 3.63) is 0 Å². The smallest absolute Gasteiger partial charge is 0.0557 e. The van der Waals surface area contributed by atoms with E-state index in [4.69, 9.17) is 5.73 Å². The van der Waals surface area contributed by atoms with Crippen molar-refractivity contribution < 1.29 is 5.11 Å².